The normalized spacial score (nSPS) is 14.2. The van der Waals surface area contributed by atoms with Gasteiger partial charge in [0, 0.05) is 17.3 Å². The second kappa shape index (κ2) is 14.1. The zero-order valence-corrected chi connectivity index (χ0v) is 29.8. The molecule has 0 saturated heterocycles. The molecule has 0 aromatic heterocycles. The average Bonchev–Trinajstić information content (AvgIpc) is 3.20. The minimum atomic E-state index is 0.160. The Hall–Kier alpha value is -6.44. The van der Waals surface area contributed by atoms with E-state index >= 15 is 0 Å². The molecule has 8 rings (SSSR count). The molecular weight excluding hydrogens is 627 g/mol. The average molecular weight is 668 g/mol. The fraction of sp³-hybridized carbons (Fsp3) is 0.0588. The van der Waals surface area contributed by atoms with Crippen LogP contribution in [0.15, 0.2) is 189 Å². The Labute approximate surface area is 307 Å². The van der Waals surface area contributed by atoms with Crippen LogP contribution in [0.25, 0.3) is 67.1 Å². The van der Waals surface area contributed by atoms with Crippen LogP contribution in [0, 0.1) is 0 Å². The molecule has 1 aliphatic rings. The topological polar surface area (TPSA) is 3.24 Å². The van der Waals surface area contributed by atoms with Crippen molar-refractivity contribution in [3.63, 3.8) is 0 Å². The Morgan fingerprint density at radius 2 is 1.15 bits per heavy atom. The van der Waals surface area contributed by atoms with E-state index < -0.39 is 0 Å². The van der Waals surface area contributed by atoms with Gasteiger partial charge >= 0.3 is 0 Å². The molecule has 250 valence electrons. The summed E-state index contributed by atoms with van der Waals surface area (Å²) in [5.41, 5.74) is 14.2. The lowest BCUT2D eigenvalue weighted by Crippen LogP contribution is -2.21. The maximum Gasteiger partial charge on any atom is 0.0502 e. The van der Waals surface area contributed by atoms with Crippen LogP contribution >= 0.6 is 0 Å². The summed E-state index contributed by atoms with van der Waals surface area (Å²) in [7, 11) is 0. The van der Waals surface area contributed by atoms with Gasteiger partial charge in [-0.15, -0.1) is 6.58 Å². The molecule has 0 bridgehead atoms. The van der Waals surface area contributed by atoms with Crippen molar-refractivity contribution in [2.75, 3.05) is 4.90 Å². The highest BCUT2D eigenvalue weighted by atomic mass is 15.2. The molecule has 7 aromatic carbocycles. The molecule has 1 aliphatic heterocycles. The molecule has 0 N–H and O–H groups in total. The van der Waals surface area contributed by atoms with E-state index in [1.54, 1.807) is 0 Å². The van der Waals surface area contributed by atoms with Crippen molar-refractivity contribution in [1.82, 2.24) is 0 Å². The SMILES string of the molecule is C=Cc1c(/C=C\C)c2ccccc2c2cc(-c3ccccc3)c(-c3cccc(-c4cccc(N5C(/C=C\C)=CC(C=C)c6ccccc65)c4)c3)cc12. The van der Waals surface area contributed by atoms with Gasteiger partial charge in [-0.2, -0.15) is 0 Å². The third-order valence-electron chi connectivity index (χ3n) is 10.2. The van der Waals surface area contributed by atoms with Crippen LogP contribution in [0.1, 0.15) is 36.5 Å². The van der Waals surface area contributed by atoms with Gasteiger partial charge in [0.1, 0.15) is 0 Å². The van der Waals surface area contributed by atoms with E-state index in [2.05, 4.69) is 202 Å². The van der Waals surface area contributed by atoms with Gasteiger partial charge < -0.3 is 4.90 Å². The number of fused-ring (bicyclic) bond motifs is 4. The zero-order valence-electron chi connectivity index (χ0n) is 29.8. The van der Waals surface area contributed by atoms with Gasteiger partial charge in [0.25, 0.3) is 0 Å². The Kier molecular flexibility index (Phi) is 8.85. The monoisotopic (exact) mass is 667 g/mol. The number of allylic oxidation sites excluding steroid dienone is 5. The summed E-state index contributed by atoms with van der Waals surface area (Å²) in [6.45, 7) is 12.6. The van der Waals surface area contributed by atoms with Crippen molar-refractivity contribution < 1.29 is 0 Å². The molecule has 52 heavy (non-hydrogen) atoms. The van der Waals surface area contributed by atoms with Gasteiger partial charge in [-0.1, -0.05) is 140 Å². The van der Waals surface area contributed by atoms with Gasteiger partial charge in [0.15, 0.2) is 0 Å². The molecular formula is C51H41N. The fourth-order valence-corrected chi connectivity index (χ4v) is 7.89. The predicted molar refractivity (Wildman–Crippen MR) is 227 cm³/mol. The fourth-order valence-electron chi connectivity index (χ4n) is 7.89. The van der Waals surface area contributed by atoms with E-state index in [4.69, 9.17) is 0 Å². The van der Waals surface area contributed by atoms with E-state index in [1.807, 2.05) is 12.2 Å². The summed E-state index contributed by atoms with van der Waals surface area (Å²) in [4.78, 5) is 2.36. The van der Waals surface area contributed by atoms with Crippen LogP contribution in [0.5, 0.6) is 0 Å². The highest BCUT2D eigenvalue weighted by molar-refractivity contribution is 6.17. The summed E-state index contributed by atoms with van der Waals surface area (Å²) in [5.74, 6) is 0.160. The molecule has 0 aliphatic carbocycles. The zero-order chi connectivity index (χ0) is 35.6. The lowest BCUT2D eigenvalue weighted by Gasteiger charge is -2.34. The number of anilines is 2. The number of hydrogen-bond acceptors (Lipinski definition) is 1. The summed E-state index contributed by atoms with van der Waals surface area (Å²) < 4.78 is 0. The van der Waals surface area contributed by atoms with E-state index in [0.717, 1.165) is 22.5 Å². The first-order valence-corrected chi connectivity index (χ1v) is 18.0. The number of para-hydroxylation sites is 1. The summed E-state index contributed by atoms with van der Waals surface area (Å²) >= 11 is 0. The Morgan fingerprint density at radius 3 is 1.92 bits per heavy atom. The van der Waals surface area contributed by atoms with Crippen LogP contribution in [0.3, 0.4) is 0 Å². The van der Waals surface area contributed by atoms with Crippen LogP contribution < -0.4 is 4.90 Å². The first kappa shape index (κ1) is 32.7. The highest BCUT2D eigenvalue weighted by Gasteiger charge is 2.25. The summed E-state index contributed by atoms with van der Waals surface area (Å²) in [6.07, 6.45) is 15.0. The van der Waals surface area contributed by atoms with E-state index in [-0.39, 0.29) is 5.92 Å². The molecule has 1 atom stereocenters. The lowest BCUT2D eigenvalue weighted by atomic mass is 9.85. The second-order valence-corrected chi connectivity index (χ2v) is 13.3. The van der Waals surface area contributed by atoms with Crippen LogP contribution in [-0.4, -0.2) is 0 Å². The molecule has 0 radical (unpaired) electrons. The van der Waals surface area contributed by atoms with E-state index in [1.165, 1.54) is 66.2 Å². The quantitative estimate of drug-likeness (QED) is 0.115. The maximum atomic E-state index is 4.30. The van der Waals surface area contributed by atoms with Crippen molar-refractivity contribution in [1.29, 1.82) is 0 Å². The van der Waals surface area contributed by atoms with Gasteiger partial charge in [0.2, 0.25) is 0 Å². The van der Waals surface area contributed by atoms with Crippen molar-refractivity contribution in [2.45, 2.75) is 19.8 Å². The smallest absolute Gasteiger partial charge is 0.0502 e. The summed E-state index contributed by atoms with van der Waals surface area (Å²) in [6, 6.07) is 50.8. The minimum Gasteiger partial charge on any atom is -0.310 e. The van der Waals surface area contributed by atoms with Crippen LogP contribution in [0.2, 0.25) is 0 Å². The first-order chi connectivity index (χ1) is 25.6. The molecule has 1 nitrogen and oxygen atoms in total. The van der Waals surface area contributed by atoms with Crippen molar-refractivity contribution in [2.24, 2.45) is 0 Å². The molecule has 0 spiro atoms. The van der Waals surface area contributed by atoms with E-state index in [9.17, 15) is 0 Å². The third-order valence-corrected chi connectivity index (χ3v) is 10.2. The molecule has 1 heteroatoms. The molecule has 0 amide bonds. The molecule has 1 unspecified atom stereocenters. The minimum absolute atomic E-state index is 0.160. The van der Waals surface area contributed by atoms with Gasteiger partial charge in [-0.25, -0.2) is 0 Å². The Morgan fingerprint density at radius 1 is 0.519 bits per heavy atom. The molecule has 1 heterocycles. The lowest BCUT2D eigenvalue weighted by molar-refractivity contribution is 0.994. The van der Waals surface area contributed by atoms with Crippen LogP contribution in [0.4, 0.5) is 11.4 Å². The number of hydrogen-bond donors (Lipinski definition) is 0. The van der Waals surface area contributed by atoms with Crippen molar-refractivity contribution in [3.05, 3.63) is 205 Å². The van der Waals surface area contributed by atoms with Crippen molar-refractivity contribution >= 4 is 45.1 Å². The van der Waals surface area contributed by atoms with Crippen LogP contribution in [-0.2, 0) is 0 Å². The molecule has 0 saturated carbocycles. The third kappa shape index (κ3) is 5.71. The maximum absolute atomic E-state index is 4.30. The summed E-state index contributed by atoms with van der Waals surface area (Å²) in [5, 5.41) is 4.92. The van der Waals surface area contributed by atoms with Gasteiger partial charge in [-0.05, 0) is 134 Å². The largest absolute Gasteiger partial charge is 0.310 e. The molecule has 0 fully saturated rings. The van der Waals surface area contributed by atoms with Gasteiger partial charge in [0.05, 0.1) is 5.69 Å². The van der Waals surface area contributed by atoms with E-state index in [0.29, 0.717) is 0 Å². The number of benzene rings is 7. The highest BCUT2D eigenvalue weighted by Crippen LogP contribution is 2.45. The van der Waals surface area contributed by atoms with Gasteiger partial charge in [-0.3, -0.25) is 0 Å². The predicted octanol–water partition coefficient (Wildman–Crippen LogP) is 14.6. The molecule has 7 aromatic rings. The number of nitrogens with zero attached hydrogens (tertiary/aromatic N) is 1. The van der Waals surface area contributed by atoms with Crippen molar-refractivity contribution in [3.8, 4) is 33.4 Å². The Bertz CT molecular complexity index is 2580. The Balaban J connectivity index is 1.32. The standard InChI is InChI=1S/C51H41N/c1-5-18-40-31-35(7-3)43-26-14-15-29-51(43)52(40)41-25-17-23-38(32-41)37-22-16-24-39(30-37)48-34-49-42(8-4)44(19-6-2)45-27-12-13-28-46(45)50(49)33-47(48)36-20-10-9-11-21-36/h5-35H,3-4H2,1-2H3/b18-5-,19-6-. The number of rotatable bonds is 8. The second-order valence-electron chi connectivity index (χ2n) is 13.3. The first-order valence-electron chi connectivity index (χ1n) is 18.0.